The van der Waals surface area contributed by atoms with Gasteiger partial charge in [0, 0.05) is 32.9 Å². The summed E-state index contributed by atoms with van der Waals surface area (Å²) in [7, 11) is -1.13. The molecule has 0 spiro atoms. The van der Waals surface area contributed by atoms with Crippen LogP contribution < -0.4 is 0 Å². The molecule has 0 radical (unpaired) electrons. The Hall–Kier alpha value is -3.51. The molecule has 0 aliphatic rings. The van der Waals surface area contributed by atoms with E-state index in [0.717, 1.165) is 16.5 Å². The summed E-state index contributed by atoms with van der Waals surface area (Å²) in [6.45, 7) is -0.373. The SMILES string of the molecule is CS(=O)c1ccc(C(=O)OCC(=O)c2c(-c3ccccc3)[nH]c3ccccc23)cc1. The summed E-state index contributed by atoms with van der Waals surface area (Å²) in [4.78, 5) is 29.3. The van der Waals surface area contributed by atoms with Crippen molar-refractivity contribution in [2.24, 2.45) is 0 Å². The average molecular weight is 417 g/mol. The van der Waals surface area contributed by atoms with Gasteiger partial charge >= 0.3 is 5.97 Å². The van der Waals surface area contributed by atoms with E-state index in [9.17, 15) is 13.8 Å². The maximum Gasteiger partial charge on any atom is 0.338 e. The van der Waals surface area contributed by atoms with Crippen molar-refractivity contribution in [2.75, 3.05) is 12.9 Å². The Morgan fingerprint density at radius 1 is 0.900 bits per heavy atom. The fraction of sp³-hybridized carbons (Fsp3) is 0.0833. The van der Waals surface area contributed by atoms with Crippen molar-refractivity contribution in [3.63, 3.8) is 0 Å². The molecule has 0 saturated heterocycles. The van der Waals surface area contributed by atoms with Gasteiger partial charge in [-0.1, -0.05) is 48.5 Å². The number of carbonyl (C=O) groups excluding carboxylic acids is 2. The molecule has 30 heavy (non-hydrogen) atoms. The zero-order chi connectivity index (χ0) is 21.1. The van der Waals surface area contributed by atoms with Crippen LogP contribution >= 0.6 is 0 Å². The van der Waals surface area contributed by atoms with Crippen LogP contribution in [-0.2, 0) is 15.5 Å². The molecule has 0 amide bonds. The van der Waals surface area contributed by atoms with E-state index in [1.807, 2.05) is 54.6 Å². The van der Waals surface area contributed by atoms with Crippen LogP contribution in [0.25, 0.3) is 22.2 Å². The van der Waals surface area contributed by atoms with Crippen LogP contribution in [0.5, 0.6) is 0 Å². The molecule has 6 heteroatoms. The molecule has 1 atom stereocenters. The van der Waals surface area contributed by atoms with Crippen molar-refractivity contribution in [2.45, 2.75) is 4.90 Å². The second-order valence-corrected chi connectivity index (χ2v) is 8.14. The number of rotatable bonds is 6. The molecule has 4 rings (SSSR count). The minimum Gasteiger partial charge on any atom is -0.454 e. The fourth-order valence-corrected chi connectivity index (χ4v) is 3.84. The lowest BCUT2D eigenvalue weighted by Gasteiger charge is -2.07. The predicted molar refractivity (Wildman–Crippen MR) is 117 cm³/mol. The number of ketones is 1. The number of para-hydroxylation sites is 1. The molecule has 1 unspecified atom stereocenters. The molecule has 150 valence electrons. The average Bonchev–Trinajstić information content (AvgIpc) is 3.17. The highest BCUT2D eigenvalue weighted by Gasteiger charge is 2.21. The predicted octanol–water partition coefficient (Wildman–Crippen LogP) is 4.61. The van der Waals surface area contributed by atoms with Crippen LogP contribution in [0.4, 0.5) is 0 Å². The first-order chi connectivity index (χ1) is 14.5. The van der Waals surface area contributed by atoms with E-state index in [-0.39, 0.29) is 12.4 Å². The molecule has 1 aromatic heterocycles. The Bertz CT molecular complexity index is 1240. The number of fused-ring (bicyclic) bond motifs is 1. The first-order valence-corrected chi connectivity index (χ1v) is 10.9. The number of carbonyl (C=O) groups is 2. The Morgan fingerprint density at radius 3 is 2.27 bits per heavy atom. The largest absolute Gasteiger partial charge is 0.454 e. The number of esters is 1. The van der Waals surface area contributed by atoms with E-state index >= 15 is 0 Å². The van der Waals surface area contributed by atoms with Crippen molar-refractivity contribution >= 4 is 33.5 Å². The van der Waals surface area contributed by atoms with Gasteiger partial charge in [-0.05, 0) is 35.9 Å². The molecule has 0 fully saturated rings. The Kier molecular flexibility index (Phi) is 5.59. The highest BCUT2D eigenvalue weighted by molar-refractivity contribution is 7.84. The highest BCUT2D eigenvalue weighted by atomic mass is 32.2. The number of aromatic nitrogens is 1. The van der Waals surface area contributed by atoms with Crippen LogP contribution in [0.2, 0.25) is 0 Å². The number of Topliss-reactive ketones (excluding diaryl/α,β-unsaturated/α-hetero) is 1. The summed E-state index contributed by atoms with van der Waals surface area (Å²) >= 11 is 0. The molecule has 1 heterocycles. The van der Waals surface area contributed by atoms with Gasteiger partial charge in [-0.2, -0.15) is 0 Å². The normalized spacial score (nSPS) is 11.9. The van der Waals surface area contributed by atoms with E-state index < -0.39 is 16.8 Å². The van der Waals surface area contributed by atoms with E-state index in [1.165, 1.54) is 0 Å². The Balaban J connectivity index is 1.59. The maximum absolute atomic E-state index is 13.1. The number of H-pyrrole nitrogens is 1. The second kappa shape index (κ2) is 8.47. The lowest BCUT2D eigenvalue weighted by molar-refractivity contribution is 0.0475. The number of ether oxygens (including phenoxy) is 1. The fourth-order valence-electron chi connectivity index (χ4n) is 3.32. The minimum atomic E-state index is -1.13. The van der Waals surface area contributed by atoms with Gasteiger partial charge in [0.1, 0.15) is 0 Å². The number of aromatic amines is 1. The van der Waals surface area contributed by atoms with Crippen molar-refractivity contribution in [3.05, 3.63) is 90.0 Å². The molecule has 1 N–H and O–H groups in total. The van der Waals surface area contributed by atoms with Crippen molar-refractivity contribution in [1.29, 1.82) is 0 Å². The summed E-state index contributed by atoms with van der Waals surface area (Å²) in [5, 5.41) is 0.784. The molecule has 5 nitrogen and oxygen atoms in total. The summed E-state index contributed by atoms with van der Waals surface area (Å²) in [5.74, 6) is -0.885. The Morgan fingerprint density at radius 2 is 1.57 bits per heavy atom. The number of nitrogens with one attached hydrogen (secondary N) is 1. The molecule has 0 aliphatic heterocycles. The minimum absolute atomic E-state index is 0.286. The third-order valence-electron chi connectivity index (χ3n) is 4.80. The van der Waals surface area contributed by atoms with Gasteiger partial charge < -0.3 is 9.72 Å². The summed E-state index contributed by atoms with van der Waals surface area (Å²) < 4.78 is 16.8. The molecule has 3 aromatic carbocycles. The van der Waals surface area contributed by atoms with Gasteiger partial charge in [-0.3, -0.25) is 9.00 Å². The zero-order valence-electron chi connectivity index (χ0n) is 16.3. The zero-order valence-corrected chi connectivity index (χ0v) is 17.1. The molecule has 0 aliphatic carbocycles. The molecular formula is C24H19NO4S. The molecule has 0 saturated carbocycles. The van der Waals surface area contributed by atoms with Crippen LogP contribution in [-0.4, -0.2) is 33.8 Å². The van der Waals surface area contributed by atoms with Crippen LogP contribution in [0.3, 0.4) is 0 Å². The third kappa shape index (κ3) is 3.95. The maximum atomic E-state index is 13.1. The molecule has 0 bridgehead atoms. The summed E-state index contributed by atoms with van der Waals surface area (Å²) in [6, 6.07) is 23.4. The van der Waals surface area contributed by atoms with Gasteiger partial charge in [-0.15, -0.1) is 0 Å². The lowest BCUT2D eigenvalue weighted by Crippen LogP contribution is -2.15. The van der Waals surface area contributed by atoms with E-state index in [2.05, 4.69) is 4.98 Å². The van der Waals surface area contributed by atoms with Gasteiger partial charge in [0.25, 0.3) is 0 Å². The van der Waals surface area contributed by atoms with Crippen LogP contribution in [0.15, 0.2) is 83.8 Å². The standard InChI is InChI=1S/C24H19NO4S/c1-30(28)18-13-11-17(12-14-18)24(27)29-15-21(26)22-19-9-5-6-10-20(19)25-23(22)16-7-3-2-4-8-16/h2-14,25H,15H2,1H3. The smallest absolute Gasteiger partial charge is 0.338 e. The topological polar surface area (TPSA) is 76.2 Å². The Labute approximate surface area is 176 Å². The van der Waals surface area contributed by atoms with Gasteiger partial charge in [-0.25, -0.2) is 4.79 Å². The van der Waals surface area contributed by atoms with Gasteiger partial charge in [0.15, 0.2) is 6.61 Å². The van der Waals surface area contributed by atoms with Crippen LogP contribution in [0, 0.1) is 0 Å². The second-order valence-electron chi connectivity index (χ2n) is 6.76. The van der Waals surface area contributed by atoms with Crippen molar-refractivity contribution in [1.82, 2.24) is 4.98 Å². The first kappa shape index (κ1) is 19.8. The number of benzene rings is 3. The van der Waals surface area contributed by atoms with Crippen molar-refractivity contribution in [3.8, 4) is 11.3 Å². The number of hydrogen-bond acceptors (Lipinski definition) is 4. The van der Waals surface area contributed by atoms with E-state index in [1.54, 1.807) is 30.5 Å². The van der Waals surface area contributed by atoms with Gasteiger partial charge in [0.05, 0.1) is 16.8 Å². The lowest BCUT2D eigenvalue weighted by atomic mass is 10.0. The van der Waals surface area contributed by atoms with Crippen molar-refractivity contribution < 1.29 is 18.5 Å². The summed E-state index contributed by atoms with van der Waals surface area (Å²) in [5.41, 5.74) is 3.23. The number of hydrogen-bond donors (Lipinski definition) is 1. The quantitative estimate of drug-likeness (QED) is 0.367. The first-order valence-electron chi connectivity index (χ1n) is 9.34. The third-order valence-corrected chi connectivity index (χ3v) is 5.74. The van der Waals surface area contributed by atoms with Gasteiger partial charge in [0.2, 0.25) is 5.78 Å². The van der Waals surface area contributed by atoms with E-state index in [0.29, 0.717) is 21.7 Å². The highest BCUT2D eigenvalue weighted by Crippen LogP contribution is 2.30. The molecule has 4 aromatic rings. The summed E-state index contributed by atoms with van der Waals surface area (Å²) in [6.07, 6.45) is 1.57. The molecular weight excluding hydrogens is 398 g/mol. The van der Waals surface area contributed by atoms with Crippen LogP contribution in [0.1, 0.15) is 20.7 Å². The van der Waals surface area contributed by atoms with E-state index in [4.69, 9.17) is 4.74 Å². The monoisotopic (exact) mass is 417 g/mol.